The van der Waals surface area contributed by atoms with Crippen LogP contribution in [0.2, 0.25) is 0 Å². The van der Waals surface area contributed by atoms with Gasteiger partial charge in [0.15, 0.2) is 0 Å². The summed E-state index contributed by atoms with van der Waals surface area (Å²) in [5.74, 6) is 1.67. The number of hydrogen-bond acceptors (Lipinski definition) is 6. The number of benzene rings is 1. The minimum absolute atomic E-state index is 0.101. The van der Waals surface area contributed by atoms with Crippen LogP contribution in [0.3, 0.4) is 0 Å². The number of methoxy groups -OCH3 is 2. The van der Waals surface area contributed by atoms with Gasteiger partial charge < -0.3 is 24.4 Å². The molecule has 1 unspecified atom stereocenters. The molecule has 26 heavy (non-hydrogen) atoms. The van der Waals surface area contributed by atoms with Gasteiger partial charge in [-0.2, -0.15) is 5.10 Å². The van der Waals surface area contributed by atoms with E-state index in [1.165, 1.54) is 0 Å². The highest BCUT2D eigenvalue weighted by Crippen LogP contribution is 2.29. The summed E-state index contributed by atoms with van der Waals surface area (Å²) in [6, 6.07) is 8.67. The molecule has 2 heterocycles. The molecular weight excluding hydrogens is 336 g/mol. The average Bonchev–Trinajstić information content (AvgIpc) is 3.12. The van der Waals surface area contributed by atoms with Gasteiger partial charge in [0, 0.05) is 25.1 Å². The van der Waals surface area contributed by atoms with Crippen molar-refractivity contribution in [3.8, 4) is 17.4 Å². The molecule has 8 nitrogen and oxygen atoms in total. The van der Waals surface area contributed by atoms with Crippen LogP contribution in [-0.4, -0.2) is 54.5 Å². The van der Waals surface area contributed by atoms with Crippen molar-refractivity contribution in [2.75, 3.05) is 32.6 Å². The fourth-order valence-corrected chi connectivity index (χ4v) is 2.73. The molecule has 2 aromatic rings. The second kappa shape index (κ2) is 7.90. The molecule has 1 saturated heterocycles. The van der Waals surface area contributed by atoms with E-state index in [2.05, 4.69) is 15.5 Å². The molecule has 1 aromatic heterocycles. The SMILES string of the molecule is COc1ccc(NC(=O)N2CCC(Oc3ccc(C)nn3)C2)c(OC)c1. The fourth-order valence-electron chi connectivity index (χ4n) is 2.73. The van der Waals surface area contributed by atoms with E-state index in [0.717, 1.165) is 12.1 Å². The lowest BCUT2D eigenvalue weighted by molar-refractivity contribution is 0.188. The number of amides is 2. The molecule has 1 N–H and O–H groups in total. The fraction of sp³-hybridized carbons (Fsp3) is 0.389. The minimum Gasteiger partial charge on any atom is -0.497 e. The van der Waals surface area contributed by atoms with Gasteiger partial charge >= 0.3 is 6.03 Å². The first kappa shape index (κ1) is 17.8. The first-order valence-corrected chi connectivity index (χ1v) is 8.34. The summed E-state index contributed by atoms with van der Waals surface area (Å²) in [6.45, 7) is 2.96. The highest BCUT2D eigenvalue weighted by Gasteiger charge is 2.28. The molecule has 1 fully saturated rings. The molecular formula is C18H22N4O4. The van der Waals surface area contributed by atoms with Gasteiger partial charge in [-0.3, -0.25) is 0 Å². The Bertz CT molecular complexity index is 766. The smallest absolute Gasteiger partial charge is 0.322 e. The molecule has 138 valence electrons. The Morgan fingerprint density at radius 1 is 1.19 bits per heavy atom. The quantitative estimate of drug-likeness (QED) is 0.884. The zero-order valence-electron chi connectivity index (χ0n) is 15.1. The summed E-state index contributed by atoms with van der Waals surface area (Å²) in [4.78, 5) is 14.2. The van der Waals surface area contributed by atoms with E-state index < -0.39 is 0 Å². The Kier molecular flexibility index (Phi) is 5.40. The lowest BCUT2D eigenvalue weighted by Gasteiger charge is -2.19. The van der Waals surface area contributed by atoms with Crippen LogP contribution < -0.4 is 19.5 Å². The summed E-state index contributed by atoms with van der Waals surface area (Å²) in [5, 5.41) is 10.8. The Labute approximate surface area is 152 Å². The standard InChI is InChI=1S/C18H22N4O4/c1-12-4-7-17(21-20-12)26-14-8-9-22(11-14)18(23)19-15-6-5-13(24-2)10-16(15)25-3/h4-7,10,14H,8-9,11H2,1-3H3,(H,19,23). The molecule has 0 saturated carbocycles. The number of hydrogen-bond donors (Lipinski definition) is 1. The molecule has 0 aliphatic carbocycles. The van der Waals surface area contributed by atoms with Gasteiger partial charge in [-0.15, -0.1) is 5.10 Å². The van der Waals surface area contributed by atoms with E-state index in [9.17, 15) is 4.79 Å². The number of nitrogens with one attached hydrogen (secondary N) is 1. The summed E-state index contributed by atoms with van der Waals surface area (Å²) in [7, 11) is 3.13. The normalized spacial score (nSPS) is 16.3. The molecule has 1 aliphatic rings. The van der Waals surface area contributed by atoms with Gasteiger partial charge in [0.1, 0.15) is 17.6 Å². The van der Waals surface area contributed by atoms with Crippen molar-refractivity contribution in [3.05, 3.63) is 36.0 Å². The summed E-state index contributed by atoms with van der Waals surface area (Å²) < 4.78 is 16.3. The number of ether oxygens (including phenoxy) is 3. The number of rotatable bonds is 5. The van der Waals surface area contributed by atoms with Crippen molar-refractivity contribution in [1.82, 2.24) is 15.1 Å². The van der Waals surface area contributed by atoms with Gasteiger partial charge in [-0.1, -0.05) is 0 Å². The maximum Gasteiger partial charge on any atom is 0.322 e. The van der Waals surface area contributed by atoms with E-state index in [4.69, 9.17) is 14.2 Å². The van der Waals surface area contributed by atoms with Crippen LogP contribution in [0.1, 0.15) is 12.1 Å². The van der Waals surface area contributed by atoms with Crippen LogP contribution in [0.25, 0.3) is 0 Å². The number of aromatic nitrogens is 2. The molecule has 3 rings (SSSR count). The number of carbonyl (C=O) groups is 1. The van der Waals surface area contributed by atoms with E-state index in [-0.39, 0.29) is 12.1 Å². The van der Waals surface area contributed by atoms with Crippen molar-refractivity contribution in [2.45, 2.75) is 19.4 Å². The van der Waals surface area contributed by atoms with Crippen LogP contribution in [0.15, 0.2) is 30.3 Å². The predicted molar refractivity (Wildman–Crippen MR) is 95.9 cm³/mol. The number of urea groups is 1. The molecule has 2 amide bonds. The van der Waals surface area contributed by atoms with Gasteiger partial charge in [0.25, 0.3) is 0 Å². The van der Waals surface area contributed by atoms with Crippen molar-refractivity contribution in [1.29, 1.82) is 0 Å². The predicted octanol–water partition coefficient (Wildman–Crippen LogP) is 2.49. The van der Waals surface area contributed by atoms with E-state index in [1.807, 2.05) is 13.0 Å². The van der Waals surface area contributed by atoms with Crippen LogP contribution in [0.4, 0.5) is 10.5 Å². The monoisotopic (exact) mass is 358 g/mol. The Hall–Kier alpha value is -3.03. The topological polar surface area (TPSA) is 85.8 Å². The number of anilines is 1. The first-order valence-electron chi connectivity index (χ1n) is 8.34. The summed E-state index contributed by atoms with van der Waals surface area (Å²) >= 11 is 0. The number of likely N-dealkylation sites (tertiary alicyclic amines) is 1. The Morgan fingerprint density at radius 3 is 2.73 bits per heavy atom. The third kappa shape index (κ3) is 4.14. The first-order chi connectivity index (χ1) is 12.6. The molecule has 1 aliphatic heterocycles. The van der Waals surface area contributed by atoms with Crippen molar-refractivity contribution in [3.63, 3.8) is 0 Å². The molecule has 1 aromatic carbocycles. The summed E-state index contributed by atoms with van der Waals surface area (Å²) in [5.41, 5.74) is 1.42. The highest BCUT2D eigenvalue weighted by molar-refractivity contribution is 5.91. The van der Waals surface area contributed by atoms with Crippen LogP contribution >= 0.6 is 0 Å². The third-order valence-electron chi connectivity index (χ3n) is 4.14. The number of aryl methyl sites for hydroxylation is 1. The van der Waals surface area contributed by atoms with Gasteiger partial charge in [0.2, 0.25) is 5.88 Å². The molecule has 0 bridgehead atoms. The number of nitrogens with zero attached hydrogens (tertiary/aromatic N) is 3. The zero-order chi connectivity index (χ0) is 18.5. The van der Waals surface area contributed by atoms with Crippen LogP contribution in [0.5, 0.6) is 17.4 Å². The minimum atomic E-state index is -0.199. The second-order valence-electron chi connectivity index (χ2n) is 5.98. The average molecular weight is 358 g/mol. The van der Waals surface area contributed by atoms with Gasteiger partial charge in [-0.05, 0) is 25.1 Å². The Morgan fingerprint density at radius 2 is 2.04 bits per heavy atom. The Balaban J connectivity index is 1.58. The molecule has 1 atom stereocenters. The van der Waals surface area contributed by atoms with Crippen molar-refractivity contribution < 1.29 is 19.0 Å². The summed E-state index contributed by atoms with van der Waals surface area (Å²) in [6.07, 6.45) is 0.637. The molecule has 0 spiro atoms. The van der Waals surface area contributed by atoms with Gasteiger partial charge in [0.05, 0.1) is 32.1 Å². The second-order valence-corrected chi connectivity index (χ2v) is 5.98. The van der Waals surface area contributed by atoms with E-state index >= 15 is 0 Å². The third-order valence-corrected chi connectivity index (χ3v) is 4.14. The van der Waals surface area contributed by atoms with Crippen LogP contribution in [-0.2, 0) is 0 Å². The largest absolute Gasteiger partial charge is 0.497 e. The molecule has 8 heteroatoms. The lowest BCUT2D eigenvalue weighted by atomic mass is 10.2. The zero-order valence-corrected chi connectivity index (χ0v) is 15.1. The number of carbonyl (C=O) groups excluding carboxylic acids is 1. The molecule has 0 radical (unpaired) electrons. The maximum absolute atomic E-state index is 12.5. The van der Waals surface area contributed by atoms with Crippen molar-refractivity contribution >= 4 is 11.7 Å². The van der Waals surface area contributed by atoms with E-state index in [0.29, 0.717) is 36.2 Å². The lowest BCUT2D eigenvalue weighted by Crippen LogP contribution is -2.34. The van der Waals surface area contributed by atoms with Gasteiger partial charge in [-0.25, -0.2) is 4.79 Å². The maximum atomic E-state index is 12.5. The highest BCUT2D eigenvalue weighted by atomic mass is 16.5. The van der Waals surface area contributed by atoms with Crippen LogP contribution in [0, 0.1) is 6.92 Å². The van der Waals surface area contributed by atoms with E-state index in [1.54, 1.807) is 43.4 Å². The van der Waals surface area contributed by atoms with Crippen molar-refractivity contribution in [2.24, 2.45) is 0 Å².